The lowest BCUT2D eigenvalue weighted by Crippen LogP contribution is -1.94. The molecule has 0 unspecified atom stereocenters. The van der Waals surface area contributed by atoms with Crippen LogP contribution in [0.5, 0.6) is 0 Å². The fourth-order valence-electron chi connectivity index (χ4n) is 1.29. The summed E-state index contributed by atoms with van der Waals surface area (Å²) in [7, 11) is 0. The van der Waals surface area contributed by atoms with Crippen LogP contribution in [0.15, 0.2) is 40.4 Å². The molecule has 5 heteroatoms. The van der Waals surface area contributed by atoms with Gasteiger partial charge in [-0.3, -0.25) is 0 Å². The summed E-state index contributed by atoms with van der Waals surface area (Å²) in [6.45, 7) is 1.95. The Morgan fingerprint density at radius 1 is 1.24 bits per heavy atom. The van der Waals surface area contributed by atoms with Crippen molar-refractivity contribution in [3.8, 4) is 0 Å². The monoisotopic (exact) mass is 284 g/mol. The highest BCUT2D eigenvalue weighted by atomic mass is 35.5. The zero-order chi connectivity index (χ0) is 12.4. The number of halogens is 2. The number of hydrogen-bond donors (Lipinski definition) is 1. The van der Waals surface area contributed by atoms with Gasteiger partial charge in [0, 0.05) is 16.1 Å². The Morgan fingerprint density at radius 2 is 2.00 bits per heavy atom. The molecule has 17 heavy (non-hydrogen) atoms. The van der Waals surface area contributed by atoms with Gasteiger partial charge in [-0.25, -0.2) is 4.98 Å². The topological polar surface area (TPSA) is 38.9 Å². The Hall–Kier alpha value is -0.900. The van der Waals surface area contributed by atoms with Crippen LogP contribution in [-0.4, -0.2) is 4.98 Å². The second-order valence-electron chi connectivity index (χ2n) is 3.52. The van der Waals surface area contributed by atoms with E-state index >= 15 is 0 Å². The first-order valence-corrected chi connectivity index (χ1v) is 6.49. The van der Waals surface area contributed by atoms with E-state index in [0.29, 0.717) is 15.7 Å². The van der Waals surface area contributed by atoms with Crippen LogP contribution in [0.2, 0.25) is 10.0 Å². The van der Waals surface area contributed by atoms with Gasteiger partial charge >= 0.3 is 0 Å². The second kappa shape index (κ2) is 5.17. The number of hydrogen-bond acceptors (Lipinski definition) is 3. The minimum Gasteiger partial charge on any atom is -0.396 e. The molecule has 0 aliphatic heterocycles. The van der Waals surface area contributed by atoms with E-state index < -0.39 is 0 Å². The molecule has 0 saturated heterocycles. The van der Waals surface area contributed by atoms with Gasteiger partial charge in [0.1, 0.15) is 5.03 Å². The van der Waals surface area contributed by atoms with Crippen molar-refractivity contribution in [2.24, 2.45) is 0 Å². The molecule has 0 amide bonds. The first kappa shape index (κ1) is 12.6. The van der Waals surface area contributed by atoms with Gasteiger partial charge in [0.25, 0.3) is 0 Å². The summed E-state index contributed by atoms with van der Waals surface area (Å²) in [5.74, 6) is 0. The largest absolute Gasteiger partial charge is 0.396 e. The molecule has 0 aliphatic carbocycles. The molecule has 2 rings (SSSR count). The van der Waals surface area contributed by atoms with Crippen molar-refractivity contribution in [1.82, 2.24) is 4.98 Å². The number of rotatable bonds is 2. The first-order chi connectivity index (χ1) is 8.08. The van der Waals surface area contributed by atoms with Crippen LogP contribution >= 0.6 is 35.0 Å². The van der Waals surface area contributed by atoms with Crippen molar-refractivity contribution < 1.29 is 0 Å². The van der Waals surface area contributed by atoms with Crippen molar-refractivity contribution in [3.05, 3.63) is 46.1 Å². The first-order valence-electron chi connectivity index (χ1n) is 4.92. The second-order valence-corrected chi connectivity index (χ2v) is 5.40. The van der Waals surface area contributed by atoms with Crippen molar-refractivity contribution in [2.45, 2.75) is 16.8 Å². The van der Waals surface area contributed by atoms with Crippen LogP contribution < -0.4 is 5.73 Å². The van der Waals surface area contributed by atoms with Gasteiger partial charge in [-0.05, 0) is 36.8 Å². The van der Waals surface area contributed by atoms with Crippen LogP contribution in [0.25, 0.3) is 0 Å². The maximum absolute atomic E-state index is 6.09. The Balaban J connectivity index is 2.38. The normalized spacial score (nSPS) is 10.5. The zero-order valence-corrected chi connectivity index (χ0v) is 11.4. The van der Waals surface area contributed by atoms with Crippen molar-refractivity contribution >= 4 is 40.7 Å². The van der Waals surface area contributed by atoms with E-state index in [1.165, 1.54) is 11.8 Å². The summed E-state index contributed by atoms with van der Waals surface area (Å²) < 4.78 is 0. The molecule has 0 aliphatic rings. The Kier molecular flexibility index (Phi) is 3.82. The summed E-state index contributed by atoms with van der Waals surface area (Å²) >= 11 is 13.4. The van der Waals surface area contributed by atoms with Crippen LogP contribution in [0.4, 0.5) is 5.69 Å². The molecule has 2 nitrogen and oxygen atoms in total. The molecule has 0 spiro atoms. The Bertz CT molecular complexity index is 558. The standard InChI is InChI=1S/C12H10Cl2N2S/c1-7-4-5-16-12(11(7)15)17-10-6-8(13)2-3-9(10)14/h2-6H,15H2,1H3. The number of nitrogens with zero attached hydrogens (tertiary/aromatic N) is 1. The van der Waals surface area contributed by atoms with Crippen molar-refractivity contribution in [3.63, 3.8) is 0 Å². The van der Waals surface area contributed by atoms with E-state index in [1.807, 2.05) is 13.0 Å². The summed E-state index contributed by atoms with van der Waals surface area (Å²) in [6, 6.07) is 7.19. The lowest BCUT2D eigenvalue weighted by molar-refractivity contribution is 1.12. The molecule has 0 radical (unpaired) electrons. The lowest BCUT2D eigenvalue weighted by atomic mass is 10.3. The molecule has 0 saturated carbocycles. The van der Waals surface area contributed by atoms with Gasteiger partial charge in [-0.15, -0.1) is 0 Å². The molecule has 0 atom stereocenters. The zero-order valence-electron chi connectivity index (χ0n) is 9.08. The molecule has 1 aromatic carbocycles. The minimum absolute atomic E-state index is 0.641. The Morgan fingerprint density at radius 3 is 2.76 bits per heavy atom. The molecule has 1 heterocycles. The quantitative estimate of drug-likeness (QED) is 0.887. The van der Waals surface area contributed by atoms with Crippen molar-refractivity contribution in [2.75, 3.05) is 5.73 Å². The van der Waals surface area contributed by atoms with E-state index in [9.17, 15) is 0 Å². The minimum atomic E-state index is 0.641. The van der Waals surface area contributed by atoms with Gasteiger partial charge in [0.2, 0.25) is 0 Å². The van der Waals surface area contributed by atoms with Crippen LogP contribution in [0, 0.1) is 6.92 Å². The molecule has 1 aromatic heterocycles. The van der Waals surface area contributed by atoms with E-state index in [0.717, 1.165) is 15.5 Å². The third-order valence-electron chi connectivity index (χ3n) is 2.27. The fraction of sp³-hybridized carbons (Fsp3) is 0.0833. The average molecular weight is 285 g/mol. The maximum atomic E-state index is 6.09. The van der Waals surface area contributed by atoms with Crippen LogP contribution in [0.1, 0.15) is 5.56 Å². The highest BCUT2D eigenvalue weighted by Crippen LogP contribution is 2.37. The molecule has 0 fully saturated rings. The molecular formula is C12H10Cl2N2S. The summed E-state index contributed by atoms with van der Waals surface area (Å²) in [5, 5.41) is 2.03. The van der Waals surface area contributed by atoms with E-state index in [-0.39, 0.29) is 0 Å². The van der Waals surface area contributed by atoms with Gasteiger partial charge in [-0.2, -0.15) is 0 Å². The average Bonchev–Trinajstić information content (AvgIpc) is 2.30. The summed E-state index contributed by atoms with van der Waals surface area (Å²) in [5.41, 5.74) is 7.63. The van der Waals surface area contributed by atoms with Crippen LogP contribution in [0.3, 0.4) is 0 Å². The van der Waals surface area contributed by atoms with E-state index in [2.05, 4.69) is 4.98 Å². The third kappa shape index (κ3) is 2.86. The SMILES string of the molecule is Cc1ccnc(Sc2cc(Cl)ccc2Cl)c1N. The third-order valence-corrected chi connectivity index (χ3v) is 4.02. The van der Waals surface area contributed by atoms with Gasteiger partial charge < -0.3 is 5.73 Å². The predicted molar refractivity (Wildman–Crippen MR) is 74.0 cm³/mol. The number of pyridine rings is 1. The molecule has 88 valence electrons. The molecular weight excluding hydrogens is 275 g/mol. The lowest BCUT2D eigenvalue weighted by Gasteiger charge is -2.08. The molecule has 2 N–H and O–H groups in total. The van der Waals surface area contributed by atoms with Gasteiger partial charge in [0.15, 0.2) is 0 Å². The van der Waals surface area contributed by atoms with Gasteiger partial charge in [0.05, 0.1) is 10.7 Å². The number of anilines is 1. The number of aromatic nitrogens is 1. The number of nitrogens with two attached hydrogens (primary N) is 1. The molecule has 0 bridgehead atoms. The predicted octanol–water partition coefficient (Wildman–Crippen LogP) is 4.43. The Labute approximate surface area is 114 Å². The summed E-state index contributed by atoms with van der Waals surface area (Å²) in [4.78, 5) is 5.09. The highest BCUT2D eigenvalue weighted by molar-refractivity contribution is 7.99. The van der Waals surface area contributed by atoms with Gasteiger partial charge in [-0.1, -0.05) is 35.0 Å². The summed E-state index contributed by atoms with van der Waals surface area (Å²) in [6.07, 6.45) is 1.73. The number of benzene rings is 1. The van der Waals surface area contributed by atoms with E-state index in [4.69, 9.17) is 28.9 Å². The number of aryl methyl sites for hydroxylation is 1. The van der Waals surface area contributed by atoms with E-state index in [1.54, 1.807) is 24.4 Å². The number of nitrogen functional groups attached to an aromatic ring is 1. The maximum Gasteiger partial charge on any atom is 0.124 e. The van der Waals surface area contributed by atoms with Crippen molar-refractivity contribution in [1.29, 1.82) is 0 Å². The highest BCUT2D eigenvalue weighted by Gasteiger charge is 2.08. The van der Waals surface area contributed by atoms with Crippen LogP contribution in [-0.2, 0) is 0 Å². The smallest absolute Gasteiger partial charge is 0.124 e. The fourth-order valence-corrected chi connectivity index (χ4v) is 2.70. The molecule has 2 aromatic rings.